The molecule has 0 bridgehead atoms. The lowest BCUT2D eigenvalue weighted by Crippen LogP contribution is -2.22. The molecule has 140 valence electrons. The van der Waals surface area contributed by atoms with Crippen LogP contribution >= 0.6 is 0 Å². The monoisotopic (exact) mass is 371 g/mol. The third kappa shape index (κ3) is 5.56. The number of ether oxygens (including phenoxy) is 2. The van der Waals surface area contributed by atoms with Gasteiger partial charge in [0.05, 0.1) is 23.9 Å². The number of carbonyl (C=O) groups is 4. The molecule has 0 unspecified atom stereocenters. The molecule has 0 spiro atoms. The van der Waals surface area contributed by atoms with Crippen molar-refractivity contribution in [1.29, 1.82) is 0 Å². The van der Waals surface area contributed by atoms with E-state index in [1.54, 1.807) is 12.1 Å². The molecule has 0 atom stereocenters. The van der Waals surface area contributed by atoms with E-state index in [0.717, 1.165) is 0 Å². The molecule has 0 aliphatic carbocycles. The zero-order chi connectivity index (χ0) is 19.8. The summed E-state index contributed by atoms with van der Waals surface area (Å²) in [5, 5.41) is 4.84. The van der Waals surface area contributed by atoms with E-state index in [9.17, 15) is 19.2 Å². The smallest absolute Gasteiger partial charge is 0.339 e. The van der Waals surface area contributed by atoms with Crippen molar-refractivity contribution in [3.8, 4) is 0 Å². The molecule has 2 aromatic rings. The van der Waals surface area contributed by atoms with E-state index in [1.165, 1.54) is 43.5 Å². The molecular weight excluding hydrogens is 354 g/mol. The van der Waals surface area contributed by atoms with Gasteiger partial charge >= 0.3 is 18.0 Å². The molecule has 0 saturated carbocycles. The summed E-state index contributed by atoms with van der Waals surface area (Å²) in [5.41, 5.74) is 6.01. The van der Waals surface area contributed by atoms with E-state index >= 15 is 0 Å². The van der Waals surface area contributed by atoms with E-state index < -0.39 is 30.5 Å². The van der Waals surface area contributed by atoms with Gasteiger partial charge in [0.1, 0.15) is 0 Å². The molecule has 3 amide bonds. The van der Waals surface area contributed by atoms with E-state index in [4.69, 9.17) is 10.5 Å². The van der Waals surface area contributed by atoms with Gasteiger partial charge in [-0.1, -0.05) is 12.1 Å². The van der Waals surface area contributed by atoms with Crippen molar-refractivity contribution in [2.24, 2.45) is 5.73 Å². The van der Waals surface area contributed by atoms with E-state index in [2.05, 4.69) is 15.4 Å². The fraction of sp³-hybridized carbons (Fsp3) is 0.111. The molecular formula is C18H17N3O6. The largest absolute Gasteiger partial charge is 0.465 e. The Morgan fingerprint density at radius 2 is 1.59 bits per heavy atom. The highest BCUT2D eigenvalue weighted by atomic mass is 16.5. The van der Waals surface area contributed by atoms with Crippen molar-refractivity contribution < 1.29 is 28.7 Å². The maximum atomic E-state index is 12.0. The van der Waals surface area contributed by atoms with Crippen LogP contribution in [0.1, 0.15) is 20.7 Å². The second kappa shape index (κ2) is 8.99. The topological polar surface area (TPSA) is 137 Å². The average Bonchev–Trinajstić information content (AvgIpc) is 2.66. The van der Waals surface area contributed by atoms with Crippen LogP contribution in [0.25, 0.3) is 0 Å². The predicted octanol–water partition coefficient (Wildman–Crippen LogP) is 1.76. The van der Waals surface area contributed by atoms with Crippen LogP contribution in [0.2, 0.25) is 0 Å². The number of primary amides is 1. The van der Waals surface area contributed by atoms with Crippen molar-refractivity contribution in [3.05, 3.63) is 59.7 Å². The van der Waals surface area contributed by atoms with E-state index in [1.807, 2.05) is 0 Å². The first-order valence-corrected chi connectivity index (χ1v) is 7.71. The Kier molecular flexibility index (Phi) is 6.48. The summed E-state index contributed by atoms with van der Waals surface area (Å²) in [6.07, 6.45) is 0. The molecule has 2 rings (SSSR count). The summed E-state index contributed by atoms with van der Waals surface area (Å²) in [4.78, 5) is 46.4. The quantitative estimate of drug-likeness (QED) is 0.662. The number of para-hydroxylation sites is 1. The van der Waals surface area contributed by atoms with Crippen LogP contribution in [0.4, 0.5) is 16.2 Å². The van der Waals surface area contributed by atoms with Crippen LogP contribution in [0.15, 0.2) is 48.5 Å². The van der Waals surface area contributed by atoms with Gasteiger partial charge in [0.2, 0.25) is 0 Å². The first kappa shape index (κ1) is 19.4. The zero-order valence-electron chi connectivity index (χ0n) is 14.4. The number of benzene rings is 2. The molecule has 0 aliphatic heterocycles. The minimum absolute atomic E-state index is 0.178. The second-order valence-electron chi connectivity index (χ2n) is 5.23. The van der Waals surface area contributed by atoms with E-state index in [-0.39, 0.29) is 16.8 Å². The Hall–Kier alpha value is -3.88. The molecule has 9 heteroatoms. The fourth-order valence-electron chi connectivity index (χ4n) is 2.11. The van der Waals surface area contributed by atoms with Crippen molar-refractivity contribution in [2.45, 2.75) is 0 Å². The van der Waals surface area contributed by atoms with E-state index in [0.29, 0.717) is 5.69 Å². The number of hydrogen-bond acceptors (Lipinski definition) is 6. The van der Waals surface area contributed by atoms with Gasteiger partial charge in [-0.15, -0.1) is 0 Å². The first-order chi connectivity index (χ1) is 12.9. The highest BCUT2D eigenvalue weighted by molar-refractivity contribution is 6.02. The second-order valence-corrected chi connectivity index (χ2v) is 5.23. The van der Waals surface area contributed by atoms with Gasteiger partial charge in [0.15, 0.2) is 6.61 Å². The number of nitrogens with two attached hydrogens (primary N) is 1. The first-order valence-electron chi connectivity index (χ1n) is 7.71. The van der Waals surface area contributed by atoms with Gasteiger partial charge in [-0.25, -0.2) is 14.4 Å². The van der Waals surface area contributed by atoms with Gasteiger partial charge in [0, 0.05) is 5.69 Å². The summed E-state index contributed by atoms with van der Waals surface area (Å²) in [6, 6.07) is 11.3. The number of esters is 2. The van der Waals surface area contributed by atoms with Crippen molar-refractivity contribution in [1.82, 2.24) is 0 Å². The number of anilines is 2. The average molecular weight is 371 g/mol. The molecule has 2 aromatic carbocycles. The minimum Gasteiger partial charge on any atom is -0.465 e. The summed E-state index contributed by atoms with van der Waals surface area (Å²) in [5.74, 6) is -1.95. The van der Waals surface area contributed by atoms with Crippen LogP contribution in [0.3, 0.4) is 0 Å². The van der Waals surface area contributed by atoms with Crippen LogP contribution < -0.4 is 16.4 Å². The Bertz CT molecular complexity index is 864. The third-order valence-electron chi connectivity index (χ3n) is 3.33. The van der Waals surface area contributed by atoms with Crippen LogP contribution in [0.5, 0.6) is 0 Å². The summed E-state index contributed by atoms with van der Waals surface area (Å²) in [6.45, 7) is -0.546. The Labute approximate surface area is 154 Å². The third-order valence-corrected chi connectivity index (χ3v) is 3.33. The number of urea groups is 1. The highest BCUT2D eigenvalue weighted by Crippen LogP contribution is 2.16. The maximum Gasteiger partial charge on any atom is 0.339 e. The number of methoxy groups -OCH3 is 1. The summed E-state index contributed by atoms with van der Waals surface area (Å²) in [7, 11) is 1.23. The fourth-order valence-corrected chi connectivity index (χ4v) is 2.11. The molecule has 9 nitrogen and oxygen atoms in total. The maximum absolute atomic E-state index is 12.0. The minimum atomic E-state index is -0.728. The van der Waals surface area contributed by atoms with Gasteiger partial charge in [-0.05, 0) is 36.4 Å². The molecule has 0 fully saturated rings. The molecule has 0 radical (unpaired) electrons. The van der Waals surface area contributed by atoms with Gasteiger partial charge in [-0.3, -0.25) is 4.79 Å². The lowest BCUT2D eigenvalue weighted by Gasteiger charge is -2.10. The van der Waals surface area contributed by atoms with Crippen molar-refractivity contribution >= 4 is 35.3 Å². The normalized spacial score (nSPS) is 9.81. The zero-order valence-corrected chi connectivity index (χ0v) is 14.4. The van der Waals surface area contributed by atoms with Crippen LogP contribution in [0, 0.1) is 0 Å². The summed E-state index contributed by atoms with van der Waals surface area (Å²) < 4.78 is 9.57. The molecule has 0 saturated heterocycles. The predicted molar refractivity (Wildman–Crippen MR) is 96.3 cm³/mol. The highest BCUT2D eigenvalue weighted by Gasteiger charge is 2.15. The SMILES string of the molecule is COC(=O)c1ccccc1NC(=O)COC(=O)c1ccc(NC(N)=O)cc1. The van der Waals surface area contributed by atoms with Gasteiger partial charge in [0.25, 0.3) is 5.91 Å². The number of nitrogens with one attached hydrogen (secondary N) is 2. The number of rotatable bonds is 6. The molecule has 0 aliphatic rings. The lowest BCUT2D eigenvalue weighted by atomic mass is 10.2. The molecule has 0 heterocycles. The molecule has 27 heavy (non-hydrogen) atoms. The van der Waals surface area contributed by atoms with Gasteiger partial charge < -0.3 is 25.8 Å². The van der Waals surface area contributed by atoms with Crippen LogP contribution in [-0.4, -0.2) is 37.6 Å². The molecule has 4 N–H and O–H groups in total. The Balaban J connectivity index is 1.93. The van der Waals surface area contributed by atoms with Gasteiger partial charge in [-0.2, -0.15) is 0 Å². The van der Waals surface area contributed by atoms with Crippen molar-refractivity contribution in [3.63, 3.8) is 0 Å². The van der Waals surface area contributed by atoms with Crippen molar-refractivity contribution in [2.75, 3.05) is 24.4 Å². The Morgan fingerprint density at radius 1 is 0.926 bits per heavy atom. The number of hydrogen-bond donors (Lipinski definition) is 3. The Morgan fingerprint density at radius 3 is 2.22 bits per heavy atom. The van der Waals surface area contributed by atoms with Crippen LogP contribution in [-0.2, 0) is 14.3 Å². The standard InChI is InChI=1S/C18H17N3O6/c1-26-17(24)13-4-2-3-5-14(13)21-15(22)10-27-16(23)11-6-8-12(9-7-11)20-18(19)25/h2-9H,10H2,1H3,(H,21,22)(H3,19,20,25). The number of amides is 3. The lowest BCUT2D eigenvalue weighted by molar-refractivity contribution is -0.119. The summed E-state index contributed by atoms with van der Waals surface area (Å²) >= 11 is 0. The molecule has 0 aromatic heterocycles. The number of carbonyl (C=O) groups excluding carboxylic acids is 4.